The number of alkyl halides is 4. The lowest BCUT2D eigenvalue weighted by molar-refractivity contribution is -0.253. The van der Waals surface area contributed by atoms with Crippen LogP contribution in [0.5, 0.6) is 5.75 Å². The fourth-order valence-electron chi connectivity index (χ4n) is 2.46. The summed E-state index contributed by atoms with van der Waals surface area (Å²) in [7, 11) is 0. The van der Waals surface area contributed by atoms with Crippen LogP contribution in [0.15, 0.2) is 24.3 Å². The molecule has 1 aromatic carbocycles. The predicted octanol–water partition coefficient (Wildman–Crippen LogP) is 3.34. The van der Waals surface area contributed by atoms with Crippen LogP contribution in [0.1, 0.15) is 24.4 Å². The molecule has 1 heterocycles. The maximum atomic E-state index is 12.9. The summed E-state index contributed by atoms with van der Waals surface area (Å²) in [6.07, 6.45) is -6.60. The van der Waals surface area contributed by atoms with Crippen LogP contribution >= 0.6 is 12.4 Å². The zero-order valence-corrected chi connectivity index (χ0v) is 12.6. The van der Waals surface area contributed by atoms with Crippen LogP contribution in [-0.4, -0.2) is 25.6 Å². The van der Waals surface area contributed by atoms with Crippen molar-refractivity contribution in [1.29, 1.82) is 0 Å². The number of hydrogen-bond donors (Lipinski definition) is 2. The van der Waals surface area contributed by atoms with Crippen LogP contribution in [0.25, 0.3) is 0 Å². The molecule has 2 rings (SSSR count). The minimum absolute atomic E-state index is 0. The summed E-state index contributed by atoms with van der Waals surface area (Å²) in [5.41, 5.74) is 6.76. The third-order valence-electron chi connectivity index (χ3n) is 3.64. The van der Waals surface area contributed by atoms with Crippen molar-refractivity contribution in [2.45, 2.75) is 31.4 Å². The molecule has 0 aliphatic carbocycles. The van der Waals surface area contributed by atoms with Gasteiger partial charge in [-0.15, -0.1) is 12.4 Å². The Hall–Kier alpha value is -1.05. The Morgan fingerprint density at radius 3 is 2.45 bits per heavy atom. The highest BCUT2D eigenvalue weighted by Crippen LogP contribution is 2.31. The average Bonchev–Trinajstić information content (AvgIpc) is 2.47. The molecular formula is C14H19ClF4N2O. The molecule has 1 aliphatic heterocycles. The third kappa shape index (κ3) is 4.72. The van der Waals surface area contributed by atoms with Gasteiger partial charge in [0, 0.05) is 6.04 Å². The van der Waals surface area contributed by atoms with Gasteiger partial charge in [-0.1, -0.05) is 12.1 Å². The topological polar surface area (TPSA) is 47.3 Å². The summed E-state index contributed by atoms with van der Waals surface area (Å²) in [6, 6.07) is 5.38. The second-order valence-electron chi connectivity index (χ2n) is 5.15. The molecule has 0 saturated carbocycles. The van der Waals surface area contributed by atoms with Gasteiger partial charge in [0.1, 0.15) is 5.75 Å². The van der Waals surface area contributed by atoms with Crippen molar-refractivity contribution in [2.24, 2.45) is 11.7 Å². The van der Waals surface area contributed by atoms with Crippen LogP contribution in [0.2, 0.25) is 0 Å². The van der Waals surface area contributed by atoms with E-state index in [2.05, 4.69) is 10.1 Å². The first-order valence-corrected chi connectivity index (χ1v) is 6.81. The van der Waals surface area contributed by atoms with Gasteiger partial charge in [-0.05, 0) is 49.5 Å². The molecule has 0 amide bonds. The number of nitrogens with two attached hydrogens (primary N) is 1. The van der Waals surface area contributed by atoms with E-state index in [9.17, 15) is 17.6 Å². The summed E-state index contributed by atoms with van der Waals surface area (Å²) < 4.78 is 54.2. The van der Waals surface area contributed by atoms with Gasteiger partial charge in [0.05, 0.1) is 0 Å². The lowest BCUT2D eigenvalue weighted by Crippen LogP contribution is -2.34. The second-order valence-corrected chi connectivity index (χ2v) is 5.15. The van der Waals surface area contributed by atoms with E-state index >= 15 is 0 Å². The summed E-state index contributed by atoms with van der Waals surface area (Å²) in [5.74, 6) is -0.0701. The lowest BCUT2D eigenvalue weighted by atomic mass is 9.86. The van der Waals surface area contributed by atoms with Crippen molar-refractivity contribution < 1.29 is 22.3 Å². The quantitative estimate of drug-likeness (QED) is 0.807. The molecule has 1 atom stereocenters. The van der Waals surface area contributed by atoms with E-state index in [1.807, 2.05) is 0 Å². The molecule has 0 bridgehead atoms. The largest absolute Gasteiger partial charge is 0.461 e. The summed E-state index contributed by atoms with van der Waals surface area (Å²) in [4.78, 5) is 0. The van der Waals surface area contributed by atoms with Gasteiger partial charge >= 0.3 is 12.5 Å². The normalized spacial score (nSPS) is 17.9. The highest BCUT2D eigenvalue weighted by molar-refractivity contribution is 5.85. The van der Waals surface area contributed by atoms with E-state index < -0.39 is 12.5 Å². The number of ether oxygens (including phenoxy) is 1. The van der Waals surface area contributed by atoms with E-state index in [0.29, 0.717) is 5.56 Å². The standard InChI is InChI=1S/C14H18F4N2O.ClH/c15-13(16)14(17,18)21-11-3-1-2-10(8-11)12(19)9-4-6-20-7-5-9;/h1-3,8-9,12-13,20H,4-7,19H2;1H/t12-;/m1./s1. The smallest absolute Gasteiger partial charge is 0.428 e. The maximum absolute atomic E-state index is 12.9. The third-order valence-corrected chi connectivity index (χ3v) is 3.64. The summed E-state index contributed by atoms with van der Waals surface area (Å²) >= 11 is 0. The van der Waals surface area contributed by atoms with Gasteiger partial charge in [0.2, 0.25) is 0 Å². The molecule has 0 radical (unpaired) electrons. The Labute approximate surface area is 132 Å². The van der Waals surface area contributed by atoms with E-state index in [4.69, 9.17) is 5.73 Å². The highest BCUT2D eigenvalue weighted by atomic mass is 35.5. The number of halogens is 5. The summed E-state index contributed by atoms with van der Waals surface area (Å²) in [5, 5.41) is 3.21. The molecule has 8 heteroatoms. The van der Waals surface area contributed by atoms with Gasteiger partial charge in [-0.25, -0.2) is 0 Å². The van der Waals surface area contributed by atoms with Crippen LogP contribution in [0, 0.1) is 5.92 Å². The second kappa shape index (κ2) is 7.99. The molecule has 0 unspecified atom stereocenters. The monoisotopic (exact) mass is 342 g/mol. The number of benzene rings is 1. The van der Waals surface area contributed by atoms with Gasteiger partial charge in [-0.3, -0.25) is 0 Å². The Morgan fingerprint density at radius 2 is 1.86 bits per heavy atom. The molecule has 1 saturated heterocycles. The molecule has 0 aromatic heterocycles. The van der Waals surface area contributed by atoms with E-state index in [1.165, 1.54) is 18.2 Å². The van der Waals surface area contributed by atoms with E-state index in [1.54, 1.807) is 6.07 Å². The summed E-state index contributed by atoms with van der Waals surface area (Å²) in [6.45, 7) is 1.72. The molecule has 3 N–H and O–H groups in total. The average molecular weight is 343 g/mol. The van der Waals surface area contributed by atoms with Crippen LogP contribution < -0.4 is 15.8 Å². The fourth-order valence-corrected chi connectivity index (χ4v) is 2.46. The fraction of sp³-hybridized carbons (Fsp3) is 0.571. The predicted molar refractivity (Wildman–Crippen MR) is 77.8 cm³/mol. The number of piperidine rings is 1. The molecule has 1 aromatic rings. The molecule has 22 heavy (non-hydrogen) atoms. The zero-order valence-electron chi connectivity index (χ0n) is 11.8. The lowest BCUT2D eigenvalue weighted by Gasteiger charge is -2.28. The minimum atomic E-state index is -4.50. The van der Waals surface area contributed by atoms with Crippen molar-refractivity contribution in [3.05, 3.63) is 29.8 Å². The van der Waals surface area contributed by atoms with Gasteiger partial charge < -0.3 is 15.8 Å². The Morgan fingerprint density at radius 1 is 1.23 bits per heavy atom. The van der Waals surface area contributed by atoms with Crippen molar-refractivity contribution in [2.75, 3.05) is 13.1 Å². The first-order chi connectivity index (χ1) is 9.90. The Bertz CT molecular complexity index is 470. The van der Waals surface area contributed by atoms with Crippen molar-refractivity contribution >= 4 is 12.4 Å². The molecule has 1 aliphatic rings. The van der Waals surface area contributed by atoms with Crippen LogP contribution in [-0.2, 0) is 0 Å². The van der Waals surface area contributed by atoms with Gasteiger partial charge in [0.25, 0.3) is 0 Å². The molecule has 3 nitrogen and oxygen atoms in total. The number of rotatable bonds is 5. The molecular weight excluding hydrogens is 324 g/mol. The highest BCUT2D eigenvalue weighted by Gasteiger charge is 2.44. The zero-order chi connectivity index (χ0) is 15.5. The van der Waals surface area contributed by atoms with Gasteiger partial charge in [-0.2, -0.15) is 17.6 Å². The number of nitrogens with one attached hydrogen (secondary N) is 1. The Balaban J connectivity index is 0.00000242. The first kappa shape index (κ1) is 19.0. The maximum Gasteiger partial charge on any atom is 0.461 e. The van der Waals surface area contributed by atoms with Crippen molar-refractivity contribution in [3.8, 4) is 5.75 Å². The molecule has 1 fully saturated rings. The van der Waals surface area contributed by atoms with Gasteiger partial charge in [0.15, 0.2) is 0 Å². The van der Waals surface area contributed by atoms with E-state index in [0.717, 1.165) is 25.9 Å². The van der Waals surface area contributed by atoms with E-state index in [-0.39, 0.29) is 30.1 Å². The Kier molecular flexibility index (Phi) is 6.90. The SMILES string of the molecule is Cl.N[C@@H](c1cccc(OC(F)(F)C(F)F)c1)C1CCNCC1. The van der Waals surface area contributed by atoms with Crippen LogP contribution in [0.4, 0.5) is 17.6 Å². The van der Waals surface area contributed by atoms with Crippen molar-refractivity contribution in [1.82, 2.24) is 5.32 Å². The molecule has 0 spiro atoms. The minimum Gasteiger partial charge on any atom is -0.428 e. The van der Waals surface area contributed by atoms with Crippen LogP contribution in [0.3, 0.4) is 0 Å². The molecule has 126 valence electrons. The van der Waals surface area contributed by atoms with Crippen molar-refractivity contribution in [3.63, 3.8) is 0 Å². The first-order valence-electron chi connectivity index (χ1n) is 6.81. The number of hydrogen-bond acceptors (Lipinski definition) is 3.